The van der Waals surface area contributed by atoms with Crippen molar-refractivity contribution in [1.82, 2.24) is 4.90 Å². The van der Waals surface area contributed by atoms with Crippen LogP contribution in [0.15, 0.2) is 82.7 Å². The highest BCUT2D eigenvalue weighted by Crippen LogP contribution is 2.36. The molecule has 1 aliphatic heterocycles. The van der Waals surface area contributed by atoms with Gasteiger partial charge in [0.25, 0.3) is 11.8 Å². The Labute approximate surface area is 221 Å². The van der Waals surface area contributed by atoms with E-state index in [2.05, 4.69) is 18.3 Å². The van der Waals surface area contributed by atoms with Gasteiger partial charge < -0.3 is 14.8 Å². The van der Waals surface area contributed by atoms with Gasteiger partial charge in [-0.2, -0.15) is 0 Å². The Hall–Kier alpha value is -4.04. The Morgan fingerprint density at radius 2 is 1.78 bits per heavy atom. The number of hydrogen-bond donors (Lipinski definition) is 1. The van der Waals surface area contributed by atoms with Crippen molar-refractivity contribution in [3.63, 3.8) is 0 Å². The topological polar surface area (TPSA) is 80.2 Å². The number of methoxy groups -OCH3 is 1. The van der Waals surface area contributed by atoms with Gasteiger partial charge in [0.15, 0.2) is 23.3 Å². The Morgan fingerprint density at radius 3 is 2.51 bits per heavy atom. The zero-order valence-electron chi connectivity index (χ0n) is 21.1. The number of amides is 2. The lowest BCUT2D eigenvalue weighted by Gasteiger charge is -2.13. The first kappa shape index (κ1) is 26.0. The molecule has 0 unspecified atom stereocenters. The number of likely N-dealkylation sites (N-methyl/N-ethyl adjacent to an activating group) is 1. The second-order valence-corrected chi connectivity index (χ2v) is 9.16. The van der Waals surface area contributed by atoms with Crippen molar-refractivity contribution in [1.29, 1.82) is 0 Å². The van der Waals surface area contributed by atoms with Crippen LogP contribution in [0.3, 0.4) is 0 Å². The Balaban J connectivity index is 1.49. The second-order valence-electron chi connectivity index (χ2n) is 8.15. The number of hydrogen-bond acceptors (Lipinski definition) is 6. The van der Waals surface area contributed by atoms with E-state index in [0.717, 1.165) is 23.2 Å². The van der Waals surface area contributed by atoms with Crippen molar-refractivity contribution in [2.75, 3.05) is 25.6 Å². The maximum Gasteiger partial charge on any atom is 0.266 e. The minimum atomic E-state index is -0.275. The Kier molecular flexibility index (Phi) is 8.64. The molecule has 1 fully saturated rings. The molecule has 0 radical (unpaired) electrons. The maximum atomic E-state index is 13.1. The van der Waals surface area contributed by atoms with Crippen LogP contribution in [0, 0.1) is 0 Å². The summed E-state index contributed by atoms with van der Waals surface area (Å²) in [5.41, 5.74) is 3.49. The monoisotopic (exact) mass is 515 g/mol. The highest BCUT2D eigenvalue weighted by Gasteiger charge is 2.32. The molecule has 3 aromatic rings. The molecule has 37 heavy (non-hydrogen) atoms. The van der Waals surface area contributed by atoms with Crippen molar-refractivity contribution in [2.24, 2.45) is 4.99 Å². The maximum absolute atomic E-state index is 13.1. The first-order chi connectivity index (χ1) is 18.0. The van der Waals surface area contributed by atoms with Crippen LogP contribution in [-0.4, -0.2) is 42.1 Å². The van der Waals surface area contributed by atoms with Crippen LogP contribution in [0.5, 0.6) is 11.5 Å². The summed E-state index contributed by atoms with van der Waals surface area (Å²) in [6.45, 7) is 4.39. The van der Waals surface area contributed by atoms with E-state index in [4.69, 9.17) is 14.5 Å². The van der Waals surface area contributed by atoms with Gasteiger partial charge in [0, 0.05) is 12.2 Å². The smallest absolute Gasteiger partial charge is 0.266 e. The fourth-order valence-corrected chi connectivity index (χ4v) is 4.85. The number of nitrogens with zero attached hydrogens (tertiary/aromatic N) is 2. The molecule has 8 heteroatoms. The summed E-state index contributed by atoms with van der Waals surface area (Å²) in [6, 6.07) is 22.5. The SMILES string of the molecule is CCc1ccccc1N=C1S/C(=C/c2ccc(OCC(=O)Nc3ccccc3)c(OC)c2)C(=O)N1CC. The minimum absolute atomic E-state index is 0.0860. The third kappa shape index (κ3) is 6.40. The number of thioether (sulfide) groups is 1. The summed E-state index contributed by atoms with van der Waals surface area (Å²) in [5, 5.41) is 3.44. The number of para-hydroxylation sites is 2. The van der Waals surface area contributed by atoms with Crippen molar-refractivity contribution in [3.8, 4) is 11.5 Å². The van der Waals surface area contributed by atoms with Crippen LogP contribution in [0.25, 0.3) is 6.08 Å². The van der Waals surface area contributed by atoms with Crippen LogP contribution < -0.4 is 14.8 Å². The largest absolute Gasteiger partial charge is 0.493 e. The summed E-state index contributed by atoms with van der Waals surface area (Å²) in [4.78, 5) is 32.4. The second kappa shape index (κ2) is 12.3. The number of benzene rings is 3. The van der Waals surface area contributed by atoms with Crippen LogP contribution in [0.2, 0.25) is 0 Å². The van der Waals surface area contributed by atoms with E-state index in [0.29, 0.717) is 33.8 Å². The predicted octanol–water partition coefficient (Wildman–Crippen LogP) is 5.90. The minimum Gasteiger partial charge on any atom is -0.493 e. The van der Waals surface area contributed by atoms with Crippen LogP contribution in [0.4, 0.5) is 11.4 Å². The van der Waals surface area contributed by atoms with E-state index >= 15 is 0 Å². The number of rotatable bonds is 9. The fourth-order valence-electron chi connectivity index (χ4n) is 3.80. The summed E-state index contributed by atoms with van der Waals surface area (Å²) in [5.74, 6) is 0.544. The number of amidine groups is 1. The number of anilines is 1. The van der Waals surface area contributed by atoms with Gasteiger partial charge >= 0.3 is 0 Å². The van der Waals surface area contributed by atoms with Crippen LogP contribution >= 0.6 is 11.8 Å². The number of carbonyl (C=O) groups excluding carboxylic acids is 2. The van der Waals surface area contributed by atoms with E-state index < -0.39 is 0 Å². The van der Waals surface area contributed by atoms with E-state index in [-0.39, 0.29) is 18.4 Å². The van der Waals surface area contributed by atoms with Crippen LogP contribution in [0.1, 0.15) is 25.0 Å². The normalized spacial score (nSPS) is 15.3. The van der Waals surface area contributed by atoms with E-state index in [9.17, 15) is 9.59 Å². The lowest BCUT2D eigenvalue weighted by molar-refractivity contribution is -0.122. The third-order valence-corrected chi connectivity index (χ3v) is 6.70. The number of aliphatic imine (C=N–C) groups is 1. The molecule has 190 valence electrons. The van der Waals surface area contributed by atoms with Gasteiger partial charge in [0.05, 0.1) is 17.7 Å². The number of ether oxygens (including phenoxy) is 2. The molecule has 0 aliphatic carbocycles. The summed E-state index contributed by atoms with van der Waals surface area (Å²) < 4.78 is 11.2. The highest BCUT2D eigenvalue weighted by atomic mass is 32.2. The van der Waals surface area contributed by atoms with Gasteiger partial charge in [-0.15, -0.1) is 0 Å². The molecule has 3 aromatic carbocycles. The van der Waals surface area contributed by atoms with Crippen molar-refractivity contribution in [3.05, 3.63) is 88.8 Å². The van der Waals surface area contributed by atoms with Crippen molar-refractivity contribution in [2.45, 2.75) is 20.3 Å². The molecular weight excluding hydrogens is 486 g/mol. The zero-order chi connectivity index (χ0) is 26.2. The molecule has 2 amide bonds. The average Bonchev–Trinajstić information content (AvgIpc) is 3.21. The molecule has 0 bridgehead atoms. The molecule has 1 N–H and O–H groups in total. The average molecular weight is 516 g/mol. The molecule has 1 aliphatic rings. The molecule has 1 saturated heterocycles. The summed E-state index contributed by atoms with van der Waals surface area (Å²) in [6.07, 6.45) is 2.68. The van der Waals surface area contributed by atoms with Gasteiger partial charge in [-0.05, 0) is 72.6 Å². The Morgan fingerprint density at radius 1 is 1.03 bits per heavy atom. The standard InChI is InChI=1S/C29H29N3O4S/c1-4-21-11-9-10-14-23(21)31-29-32(5-2)28(34)26(37-29)18-20-15-16-24(25(17-20)35-3)36-19-27(33)30-22-12-7-6-8-13-22/h6-18H,4-5,19H2,1-3H3,(H,30,33)/b26-18+,31-29?. The zero-order valence-corrected chi connectivity index (χ0v) is 21.9. The first-order valence-electron chi connectivity index (χ1n) is 12.1. The van der Waals surface area contributed by atoms with E-state index in [1.54, 1.807) is 17.0 Å². The first-order valence-corrected chi connectivity index (χ1v) is 12.9. The van der Waals surface area contributed by atoms with Gasteiger partial charge in [-0.3, -0.25) is 14.5 Å². The Bertz CT molecular complexity index is 1340. The fraction of sp³-hybridized carbons (Fsp3) is 0.207. The lowest BCUT2D eigenvalue weighted by Crippen LogP contribution is -2.28. The lowest BCUT2D eigenvalue weighted by atomic mass is 10.1. The molecule has 1 heterocycles. The number of aryl methyl sites for hydroxylation is 1. The molecule has 0 aromatic heterocycles. The molecular formula is C29H29N3O4S. The number of nitrogens with one attached hydrogen (secondary N) is 1. The molecule has 4 rings (SSSR count). The summed E-state index contributed by atoms with van der Waals surface area (Å²) >= 11 is 1.36. The van der Waals surface area contributed by atoms with Gasteiger partial charge in [0.2, 0.25) is 0 Å². The molecule has 7 nitrogen and oxygen atoms in total. The van der Waals surface area contributed by atoms with Crippen LogP contribution in [-0.2, 0) is 16.0 Å². The van der Waals surface area contributed by atoms with Gasteiger partial charge in [-0.1, -0.05) is 49.4 Å². The van der Waals surface area contributed by atoms with Crippen molar-refractivity contribution >= 4 is 46.2 Å². The van der Waals surface area contributed by atoms with Crippen molar-refractivity contribution < 1.29 is 19.1 Å². The predicted molar refractivity (Wildman–Crippen MR) is 149 cm³/mol. The van der Waals surface area contributed by atoms with Gasteiger partial charge in [-0.25, -0.2) is 4.99 Å². The highest BCUT2D eigenvalue weighted by molar-refractivity contribution is 8.18. The van der Waals surface area contributed by atoms with E-state index in [1.165, 1.54) is 18.9 Å². The van der Waals surface area contributed by atoms with Gasteiger partial charge in [0.1, 0.15) is 0 Å². The third-order valence-electron chi connectivity index (χ3n) is 5.69. The molecule has 0 saturated carbocycles. The molecule has 0 atom stereocenters. The van der Waals surface area contributed by atoms with E-state index in [1.807, 2.05) is 67.6 Å². The quantitative estimate of drug-likeness (QED) is 0.359. The summed E-state index contributed by atoms with van der Waals surface area (Å²) in [7, 11) is 1.54. The molecule has 0 spiro atoms. The number of carbonyl (C=O) groups is 2.